The first-order valence-corrected chi connectivity index (χ1v) is 6.63. The lowest BCUT2D eigenvalue weighted by Gasteiger charge is -2.16. The highest BCUT2D eigenvalue weighted by Gasteiger charge is 2.13. The number of hydrogen-bond donors (Lipinski definition) is 1. The number of benzene rings is 1. The summed E-state index contributed by atoms with van der Waals surface area (Å²) < 4.78 is 14.8. The van der Waals surface area contributed by atoms with Gasteiger partial charge in [-0.3, -0.25) is 4.68 Å². The Morgan fingerprint density at radius 2 is 2.00 bits per heavy atom. The van der Waals surface area contributed by atoms with Crippen molar-refractivity contribution in [2.45, 2.75) is 19.3 Å². The van der Waals surface area contributed by atoms with Crippen LogP contribution in [-0.4, -0.2) is 22.9 Å². The quantitative estimate of drug-likeness (QED) is 0.866. The molecule has 0 aliphatic rings. The smallest absolute Gasteiger partial charge is 0.123 e. The Labute approximate surface area is 113 Å². The molecule has 1 N–H and O–H groups in total. The molecule has 0 bridgehead atoms. The summed E-state index contributed by atoms with van der Waals surface area (Å²) in [5, 5.41) is 7.78. The minimum Gasteiger partial charge on any atom is -0.316 e. The van der Waals surface area contributed by atoms with Gasteiger partial charge in [0.15, 0.2) is 0 Å². The van der Waals surface area contributed by atoms with Crippen LogP contribution in [0.3, 0.4) is 0 Å². The summed E-state index contributed by atoms with van der Waals surface area (Å²) in [7, 11) is 1.92. The molecule has 0 aliphatic carbocycles. The number of hydrogen-bond acceptors (Lipinski definition) is 2. The van der Waals surface area contributed by atoms with E-state index in [4.69, 9.17) is 0 Å². The van der Waals surface area contributed by atoms with Crippen molar-refractivity contribution in [2.24, 2.45) is 7.05 Å². The molecule has 3 nitrogen and oxygen atoms in total. The van der Waals surface area contributed by atoms with Crippen molar-refractivity contribution in [3.05, 3.63) is 53.6 Å². The van der Waals surface area contributed by atoms with Crippen LogP contribution >= 0.6 is 0 Å². The molecule has 2 aromatic rings. The van der Waals surface area contributed by atoms with Crippen LogP contribution in [0.4, 0.5) is 4.39 Å². The van der Waals surface area contributed by atoms with Gasteiger partial charge in [-0.2, -0.15) is 5.10 Å². The zero-order valence-corrected chi connectivity index (χ0v) is 11.4. The normalized spacial score (nSPS) is 12.6. The van der Waals surface area contributed by atoms with E-state index in [0.717, 1.165) is 30.8 Å². The van der Waals surface area contributed by atoms with Crippen LogP contribution in [0.15, 0.2) is 36.5 Å². The van der Waals surface area contributed by atoms with E-state index in [0.29, 0.717) is 5.92 Å². The van der Waals surface area contributed by atoms with Gasteiger partial charge in [-0.05, 0) is 36.7 Å². The van der Waals surface area contributed by atoms with Gasteiger partial charge in [0, 0.05) is 25.7 Å². The molecule has 0 amide bonds. The van der Waals surface area contributed by atoms with Gasteiger partial charge in [0.05, 0.1) is 5.69 Å². The highest BCUT2D eigenvalue weighted by molar-refractivity contribution is 5.22. The van der Waals surface area contributed by atoms with Gasteiger partial charge in [-0.15, -0.1) is 0 Å². The molecule has 102 valence electrons. The SMILES string of the molecule is CCNCC(Cc1ccn(C)n1)c1ccc(F)cc1. The summed E-state index contributed by atoms with van der Waals surface area (Å²) in [6.45, 7) is 3.89. The Balaban J connectivity index is 2.13. The van der Waals surface area contributed by atoms with Crippen LogP contribution in [0, 0.1) is 5.82 Å². The predicted octanol–water partition coefficient (Wildman–Crippen LogP) is 2.50. The number of aryl methyl sites for hydroxylation is 1. The minimum absolute atomic E-state index is 0.191. The zero-order valence-electron chi connectivity index (χ0n) is 11.4. The topological polar surface area (TPSA) is 29.9 Å². The highest BCUT2D eigenvalue weighted by atomic mass is 19.1. The molecule has 1 heterocycles. The van der Waals surface area contributed by atoms with Crippen molar-refractivity contribution < 1.29 is 4.39 Å². The average Bonchev–Trinajstić information content (AvgIpc) is 2.81. The third-order valence-electron chi connectivity index (χ3n) is 3.21. The summed E-state index contributed by atoms with van der Waals surface area (Å²) in [4.78, 5) is 0. The van der Waals surface area contributed by atoms with Crippen LogP contribution in [-0.2, 0) is 13.5 Å². The van der Waals surface area contributed by atoms with Gasteiger partial charge in [0.1, 0.15) is 5.82 Å². The molecule has 1 atom stereocenters. The predicted molar refractivity (Wildman–Crippen MR) is 74.6 cm³/mol. The van der Waals surface area contributed by atoms with Crippen molar-refractivity contribution in [3.8, 4) is 0 Å². The fourth-order valence-corrected chi connectivity index (χ4v) is 2.19. The summed E-state index contributed by atoms with van der Waals surface area (Å²) in [6, 6.07) is 8.79. The largest absolute Gasteiger partial charge is 0.316 e. The second-order valence-electron chi connectivity index (χ2n) is 4.74. The lowest BCUT2D eigenvalue weighted by atomic mass is 9.94. The minimum atomic E-state index is -0.191. The zero-order chi connectivity index (χ0) is 13.7. The van der Waals surface area contributed by atoms with E-state index in [2.05, 4.69) is 17.3 Å². The summed E-state index contributed by atoms with van der Waals surface area (Å²) in [5.41, 5.74) is 2.21. The maximum atomic E-state index is 13.0. The van der Waals surface area contributed by atoms with E-state index in [1.54, 1.807) is 0 Å². The van der Waals surface area contributed by atoms with Gasteiger partial charge >= 0.3 is 0 Å². The van der Waals surface area contributed by atoms with E-state index in [9.17, 15) is 4.39 Å². The van der Waals surface area contributed by atoms with Crippen molar-refractivity contribution in [3.63, 3.8) is 0 Å². The standard InChI is InChI=1S/C15H20FN3/c1-3-17-11-13(10-15-8-9-19(2)18-15)12-4-6-14(16)7-5-12/h4-9,13,17H,3,10-11H2,1-2H3. The van der Waals surface area contributed by atoms with E-state index in [1.807, 2.05) is 36.1 Å². The third-order valence-corrected chi connectivity index (χ3v) is 3.21. The second kappa shape index (κ2) is 6.48. The maximum absolute atomic E-state index is 13.0. The maximum Gasteiger partial charge on any atom is 0.123 e. The van der Waals surface area contributed by atoms with Gasteiger partial charge in [0.2, 0.25) is 0 Å². The highest BCUT2D eigenvalue weighted by Crippen LogP contribution is 2.20. The van der Waals surface area contributed by atoms with Gasteiger partial charge in [-0.25, -0.2) is 4.39 Å². The summed E-state index contributed by atoms with van der Waals surface area (Å²) in [5.74, 6) is 0.124. The molecule has 19 heavy (non-hydrogen) atoms. The van der Waals surface area contributed by atoms with E-state index in [-0.39, 0.29) is 5.82 Å². The van der Waals surface area contributed by atoms with Gasteiger partial charge in [-0.1, -0.05) is 19.1 Å². The molecule has 2 rings (SSSR count). The Morgan fingerprint density at radius 3 is 2.58 bits per heavy atom. The molecule has 0 spiro atoms. The van der Waals surface area contributed by atoms with Crippen molar-refractivity contribution >= 4 is 0 Å². The monoisotopic (exact) mass is 261 g/mol. The first kappa shape index (κ1) is 13.7. The molecule has 1 unspecified atom stereocenters. The van der Waals surface area contributed by atoms with Crippen molar-refractivity contribution in [1.29, 1.82) is 0 Å². The van der Waals surface area contributed by atoms with Crippen molar-refractivity contribution in [1.82, 2.24) is 15.1 Å². The molecule has 0 radical (unpaired) electrons. The van der Waals surface area contributed by atoms with Crippen molar-refractivity contribution in [2.75, 3.05) is 13.1 Å². The van der Waals surface area contributed by atoms with E-state index in [1.165, 1.54) is 12.1 Å². The number of aromatic nitrogens is 2. The van der Waals surface area contributed by atoms with Gasteiger partial charge in [0.25, 0.3) is 0 Å². The molecule has 0 aliphatic heterocycles. The Kier molecular flexibility index (Phi) is 4.68. The number of likely N-dealkylation sites (N-methyl/N-ethyl adjacent to an activating group) is 1. The Hall–Kier alpha value is -1.68. The summed E-state index contributed by atoms with van der Waals surface area (Å²) in [6.07, 6.45) is 2.81. The number of halogens is 1. The first-order chi connectivity index (χ1) is 9.19. The molecular formula is C15H20FN3. The van der Waals surface area contributed by atoms with Crippen LogP contribution in [0.25, 0.3) is 0 Å². The Bertz CT molecular complexity index is 504. The molecule has 1 aromatic carbocycles. The fraction of sp³-hybridized carbons (Fsp3) is 0.400. The molecule has 0 saturated heterocycles. The molecule has 1 aromatic heterocycles. The van der Waals surface area contributed by atoms with Crippen LogP contribution in [0.2, 0.25) is 0 Å². The number of nitrogens with one attached hydrogen (secondary N) is 1. The second-order valence-corrected chi connectivity index (χ2v) is 4.74. The first-order valence-electron chi connectivity index (χ1n) is 6.63. The van der Waals surface area contributed by atoms with Crippen LogP contribution < -0.4 is 5.32 Å². The van der Waals surface area contributed by atoms with Crippen LogP contribution in [0.5, 0.6) is 0 Å². The number of rotatable bonds is 6. The Morgan fingerprint density at radius 1 is 1.26 bits per heavy atom. The van der Waals surface area contributed by atoms with E-state index < -0.39 is 0 Å². The third kappa shape index (κ3) is 3.89. The van der Waals surface area contributed by atoms with Crippen LogP contribution in [0.1, 0.15) is 24.1 Å². The molecule has 0 fully saturated rings. The fourth-order valence-electron chi connectivity index (χ4n) is 2.19. The summed E-state index contributed by atoms with van der Waals surface area (Å²) >= 11 is 0. The average molecular weight is 261 g/mol. The lowest BCUT2D eigenvalue weighted by Crippen LogP contribution is -2.22. The molecular weight excluding hydrogens is 241 g/mol. The van der Waals surface area contributed by atoms with E-state index >= 15 is 0 Å². The lowest BCUT2D eigenvalue weighted by molar-refractivity contribution is 0.580. The molecule has 0 saturated carbocycles. The number of nitrogens with zero attached hydrogens (tertiary/aromatic N) is 2. The van der Waals surface area contributed by atoms with Gasteiger partial charge < -0.3 is 5.32 Å². The molecule has 4 heteroatoms.